The van der Waals surface area contributed by atoms with Crippen LogP contribution in [0.3, 0.4) is 0 Å². The standard InChI is InChI=1S/C20H21F3N2O2/c1-13-8-9-16(12-14(13)2)25(15(3)26)11-10-19(27)24-18-7-5-4-6-17(18)20(21,22)23/h4-9,12H,10-11H2,1-3H3,(H,24,27). The van der Waals surface area contributed by atoms with Crippen LogP contribution in [0.15, 0.2) is 42.5 Å². The van der Waals surface area contributed by atoms with Crippen LogP contribution in [0.4, 0.5) is 24.5 Å². The highest BCUT2D eigenvalue weighted by Gasteiger charge is 2.33. The zero-order chi connectivity index (χ0) is 20.2. The predicted molar refractivity (Wildman–Crippen MR) is 98.6 cm³/mol. The highest BCUT2D eigenvalue weighted by Crippen LogP contribution is 2.34. The molecule has 0 unspecified atom stereocenters. The summed E-state index contributed by atoms with van der Waals surface area (Å²) < 4.78 is 39.0. The van der Waals surface area contributed by atoms with E-state index in [-0.39, 0.29) is 24.6 Å². The molecule has 0 spiro atoms. The summed E-state index contributed by atoms with van der Waals surface area (Å²) in [7, 11) is 0. The van der Waals surface area contributed by atoms with E-state index in [1.165, 1.54) is 30.0 Å². The van der Waals surface area contributed by atoms with E-state index in [0.29, 0.717) is 5.69 Å². The van der Waals surface area contributed by atoms with Crippen molar-refractivity contribution in [2.24, 2.45) is 0 Å². The molecule has 2 rings (SSSR count). The zero-order valence-corrected chi connectivity index (χ0v) is 15.4. The van der Waals surface area contributed by atoms with Gasteiger partial charge in [-0.25, -0.2) is 0 Å². The maximum Gasteiger partial charge on any atom is 0.418 e. The first-order valence-corrected chi connectivity index (χ1v) is 8.41. The number of carbonyl (C=O) groups is 2. The SMILES string of the molecule is CC(=O)N(CCC(=O)Nc1ccccc1C(F)(F)F)c1ccc(C)c(C)c1. The van der Waals surface area contributed by atoms with Crippen LogP contribution < -0.4 is 10.2 Å². The van der Waals surface area contributed by atoms with E-state index in [2.05, 4.69) is 5.32 Å². The first kappa shape index (κ1) is 20.5. The second kappa shape index (κ2) is 8.24. The molecule has 7 heteroatoms. The van der Waals surface area contributed by atoms with Gasteiger partial charge in [0.25, 0.3) is 0 Å². The van der Waals surface area contributed by atoms with Gasteiger partial charge in [-0.05, 0) is 49.2 Å². The van der Waals surface area contributed by atoms with Crippen molar-refractivity contribution in [3.8, 4) is 0 Å². The molecule has 0 aliphatic carbocycles. The lowest BCUT2D eigenvalue weighted by Gasteiger charge is -2.22. The van der Waals surface area contributed by atoms with Crippen molar-refractivity contribution in [3.05, 3.63) is 59.2 Å². The Hall–Kier alpha value is -2.83. The third kappa shape index (κ3) is 5.32. The van der Waals surface area contributed by atoms with E-state index in [0.717, 1.165) is 17.2 Å². The Labute approximate surface area is 156 Å². The van der Waals surface area contributed by atoms with E-state index in [9.17, 15) is 22.8 Å². The van der Waals surface area contributed by atoms with Gasteiger partial charge in [0.05, 0.1) is 11.3 Å². The van der Waals surface area contributed by atoms with Gasteiger partial charge in [0, 0.05) is 25.6 Å². The van der Waals surface area contributed by atoms with Crippen LogP contribution in [0.1, 0.15) is 30.0 Å². The summed E-state index contributed by atoms with van der Waals surface area (Å²) in [5.74, 6) is -0.844. The fourth-order valence-corrected chi connectivity index (χ4v) is 2.63. The molecule has 0 aliphatic rings. The van der Waals surface area contributed by atoms with Gasteiger partial charge in [-0.1, -0.05) is 18.2 Å². The first-order chi connectivity index (χ1) is 12.6. The van der Waals surface area contributed by atoms with Crippen LogP contribution in [0.2, 0.25) is 0 Å². The van der Waals surface area contributed by atoms with Gasteiger partial charge >= 0.3 is 6.18 Å². The summed E-state index contributed by atoms with van der Waals surface area (Å²) in [5, 5.41) is 2.29. The molecule has 0 aliphatic heterocycles. The minimum Gasteiger partial charge on any atom is -0.325 e. The number of anilines is 2. The number of nitrogens with zero attached hydrogens (tertiary/aromatic N) is 1. The highest BCUT2D eigenvalue weighted by atomic mass is 19.4. The molecule has 2 aromatic carbocycles. The minimum absolute atomic E-state index is 0.0673. The molecule has 0 atom stereocenters. The summed E-state index contributed by atoms with van der Waals surface area (Å²) >= 11 is 0. The number of amides is 2. The Kier molecular flexibility index (Phi) is 6.25. The molecule has 0 bridgehead atoms. The summed E-state index contributed by atoms with van der Waals surface area (Å²) in [5.41, 5.74) is 1.52. The van der Waals surface area contributed by atoms with Gasteiger partial charge in [-0.3, -0.25) is 9.59 Å². The Bertz CT molecular complexity index is 847. The minimum atomic E-state index is -4.56. The number of nitrogens with one attached hydrogen (secondary N) is 1. The molecule has 0 saturated heterocycles. The van der Waals surface area contributed by atoms with Crippen molar-refractivity contribution in [2.75, 3.05) is 16.8 Å². The van der Waals surface area contributed by atoms with Crippen LogP contribution in [0.25, 0.3) is 0 Å². The van der Waals surface area contributed by atoms with Crippen LogP contribution in [-0.4, -0.2) is 18.4 Å². The fraction of sp³-hybridized carbons (Fsp3) is 0.300. The van der Waals surface area contributed by atoms with Gasteiger partial charge in [-0.2, -0.15) is 13.2 Å². The number of halogens is 3. The van der Waals surface area contributed by atoms with Gasteiger partial charge in [0.2, 0.25) is 11.8 Å². The zero-order valence-electron chi connectivity index (χ0n) is 15.4. The van der Waals surface area contributed by atoms with Gasteiger partial charge in [0.15, 0.2) is 0 Å². The molecule has 0 heterocycles. The molecule has 4 nitrogen and oxygen atoms in total. The van der Waals surface area contributed by atoms with E-state index >= 15 is 0 Å². The van der Waals surface area contributed by atoms with Crippen LogP contribution >= 0.6 is 0 Å². The van der Waals surface area contributed by atoms with Crippen LogP contribution in [0, 0.1) is 13.8 Å². The molecule has 2 amide bonds. The fourth-order valence-electron chi connectivity index (χ4n) is 2.63. The maximum absolute atomic E-state index is 13.0. The molecule has 144 valence electrons. The topological polar surface area (TPSA) is 49.4 Å². The van der Waals surface area contributed by atoms with E-state index in [1.54, 1.807) is 6.07 Å². The Morgan fingerprint density at radius 2 is 1.70 bits per heavy atom. The largest absolute Gasteiger partial charge is 0.418 e. The number of benzene rings is 2. The Morgan fingerprint density at radius 3 is 2.30 bits per heavy atom. The van der Waals surface area contributed by atoms with E-state index in [4.69, 9.17) is 0 Å². The summed E-state index contributed by atoms with van der Waals surface area (Å²) in [6.07, 6.45) is -4.69. The van der Waals surface area contributed by atoms with Crippen LogP contribution in [-0.2, 0) is 15.8 Å². The summed E-state index contributed by atoms with van der Waals surface area (Å²) in [6.45, 7) is 5.31. The number of aryl methyl sites for hydroxylation is 2. The summed E-state index contributed by atoms with van der Waals surface area (Å²) in [6, 6.07) is 10.3. The van der Waals surface area contributed by atoms with E-state index < -0.39 is 17.6 Å². The molecular weight excluding hydrogens is 357 g/mol. The Balaban J connectivity index is 2.09. The lowest BCUT2D eigenvalue weighted by atomic mass is 10.1. The second-order valence-corrected chi connectivity index (χ2v) is 6.28. The van der Waals surface area contributed by atoms with Gasteiger partial charge < -0.3 is 10.2 Å². The maximum atomic E-state index is 13.0. The van der Waals surface area contributed by atoms with Crippen molar-refractivity contribution >= 4 is 23.2 Å². The predicted octanol–water partition coefficient (Wildman–Crippen LogP) is 4.70. The molecule has 27 heavy (non-hydrogen) atoms. The van der Waals surface area contributed by atoms with Gasteiger partial charge in [0.1, 0.15) is 0 Å². The van der Waals surface area contributed by atoms with Crippen molar-refractivity contribution in [2.45, 2.75) is 33.4 Å². The third-order valence-corrected chi connectivity index (χ3v) is 4.25. The van der Waals surface area contributed by atoms with Crippen molar-refractivity contribution in [3.63, 3.8) is 0 Å². The first-order valence-electron chi connectivity index (χ1n) is 8.41. The van der Waals surface area contributed by atoms with Crippen LogP contribution in [0.5, 0.6) is 0 Å². The smallest absolute Gasteiger partial charge is 0.325 e. The van der Waals surface area contributed by atoms with Crippen molar-refractivity contribution in [1.29, 1.82) is 0 Å². The Morgan fingerprint density at radius 1 is 1.04 bits per heavy atom. The van der Waals surface area contributed by atoms with Gasteiger partial charge in [-0.15, -0.1) is 0 Å². The lowest BCUT2D eigenvalue weighted by molar-refractivity contribution is -0.137. The average molecular weight is 378 g/mol. The number of rotatable bonds is 5. The monoisotopic (exact) mass is 378 g/mol. The molecule has 0 radical (unpaired) electrons. The van der Waals surface area contributed by atoms with Crippen molar-refractivity contribution < 1.29 is 22.8 Å². The highest BCUT2D eigenvalue weighted by molar-refractivity contribution is 5.95. The number of hydrogen-bond donors (Lipinski definition) is 1. The van der Waals surface area contributed by atoms with E-state index in [1.807, 2.05) is 26.0 Å². The number of hydrogen-bond acceptors (Lipinski definition) is 2. The molecule has 0 fully saturated rings. The molecule has 0 aromatic heterocycles. The normalized spacial score (nSPS) is 11.2. The average Bonchev–Trinajstić information content (AvgIpc) is 2.57. The summed E-state index contributed by atoms with van der Waals surface area (Å²) in [4.78, 5) is 25.5. The number of alkyl halides is 3. The third-order valence-electron chi connectivity index (χ3n) is 4.25. The molecule has 2 aromatic rings. The van der Waals surface area contributed by atoms with Crippen molar-refractivity contribution in [1.82, 2.24) is 0 Å². The second-order valence-electron chi connectivity index (χ2n) is 6.28. The quantitative estimate of drug-likeness (QED) is 0.820. The lowest BCUT2D eigenvalue weighted by Crippen LogP contribution is -2.32. The number of para-hydroxylation sites is 1. The number of carbonyl (C=O) groups excluding carboxylic acids is 2. The molecular formula is C20H21F3N2O2. The molecule has 1 N–H and O–H groups in total. The molecule has 0 saturated carbocycles.